The van der Waals surface area contributed by atoms with Crippen molar-refractivity contribution in [3.8, 4) is 5.75 Å². The Balaban J connectivity index is 1.81. The number of hydrazone groups is 1. The maximum absolute atomic E-state index is 13.7. The van der Waals surface area contributed by atoms with Crippen molar-refractivity contribution in [3.05, 3.63) is 94.5 Å². The van der Waals surface area contributed by atoms with Crippen LogP contribution in [-0.4, -0.2) is 45.0 Å². The van der Waals surface area contributed by atoms with Crippen LogP contribution in [0, 0.1) is 20.8 Å². The van der Waals surface area contributed by atoms with Gasteiger partial charge in [0.15, 0.2) is 0 Å². The molecular formula is C27H31N3O4S. The molecule has 3 rings (SSSR count). The summed E-state index contributed by atoms with van der Waals surface area (Å²) in [6.45, 7) is 5.29. The van der Waals surface area contributed by atoms with E-state index in [-0.39, 0.29) is 18.0 Å². The number of hydrogen-bond acceptors (Lipinski definition) is 5. The molecule has 0 bridgehead atoms. The molecule has 7 nitrogen and oxygen atoms in total. The van der Waals surface area contributed by atoms with Gasteiger partial charge < -0.3 is 4.74 Å². The maximum Gasteiger partial charge on any atom is 0.255 e. The molecule has 0 aliphatic rings. The zero-order valence-corrected chi connectivity index (χ0v) is 21.3. The average Bonchev–Trinajstić information content (AvgIpc) is 2.81. The van der Waals surface area contributed by atoms with E-state index in [9.17, 15) is 13.2 Å². The van der Waals surface area contributed by atoms with Gasteiger partial charge in [-0.3, -0.25) is 4.79 Å². The first-order valence-corrected chi connectivity index (χ1v) is 12.7. The molecule has 184 valence electrons. The number of benzene rings is 3. The van der Waals surface area contributed by atoms with Crippen molar-refractivity contribution in [2.75, 3.05) is 20.2 Å². The van der Waals surface area contributed by atoms with Gasteiger partial charge in [-0.1, -0.05) is 60.2 Å². The van der Waals surface area contributed by atoms with Crippen molar-refractivity contribution in [1.82, 2.24) is 9.73 Å². The minimum Gasteiger partial charge on any atom is -0.497 e. The van der Waals surface area contributed by atoms with Crippen LogP contribution in [0.4, 0.5) is 0 Å². The van der Waals surface area contributed by atoms with E-state index in [4.69, 9.17) is 4.74 Å². The minimum atomic E-state index is -3.93. The summed E-state index contributed by atoms with van der Waals surface area (Å²) in [5.41, 5.74) is 6.47. The van der Waals surface area contributed by atoms with Gasteiger partial charge >= 0.3 is 0 Å². The highest BCUT2D eigenvalue weighted by Gasteiger charge is 2.29. The first-order valence-electron chi connectivity index (χ1n) is 11.3. The number of methoxy groups -OCH3 is 1. The summed E-state index contributed by atoms with van der Waals surface area (Å²) < 4.78 is 33.8. The van der Waals surface area contributed by atoms with Crippen molar-refractivity contribution < 1.29 is 17.9 Å². The Morgan fingerprint density at radius 1 is 1.00 bits per heavy atom. The summed E-state index contributed by atoms with van der Waals surface area (Å²) in [7, 11) is -2.36. The van der Waals surface area contributed by atoms with Crippen LogP contribution < -0.4 is 10.2 Å². The van der Waals surface area contributed by atoms with Gasteiger partial charge in [-0.25, -0.2) is 13.8 Å². The number of ether oxygens (including phenoxy) is 1. The zero-order valence-electron chi connectivity index (χ0n) is 20.5. The Hall–Kier alpha value is -3.49. The molecule has 0 unspecified atom stereocenters. The molecule has 0 radical (unpaired) electrons. The van der Waals surface area contributed by atoms with E-state index < -0.39 is 15.9 Å². The van der Waals surface area contributed by atoms with E-state index in [1.807, 2.05) is 61.5 Å². The van der Waals surface area contributed by atoms with E-state index >= 15 is 0 Å². The fraction of sp³-hybridized carbons (Fsp3) is 0.259. The van der Waals surface area contributed by atoms with Gasteiger partial charge in [-0.05, 0) is 61.6 Å². The smallest absolute Gasteiger partial charge is 0.255 e. The van der Waals surface area contributed by atoms with Gasteiger partial charge in [0.1, 0.15) is 5.75 Å². The molecule has 0 heterocycles. The molecular weight excluding hydrogens is 462 g/mol. The third kappa shape index (κ3) is 7.00. The molecule has 0 saturated carbocycles. The number of aryl methyl sites for hydroxylation is 3. The number of carbonyl (C=O) groups is 1. The second-order valence-corrected chi connectivity index (χ2v) is 10.2. The summed E-state index contributed by atoms with van der Waals surface area (Å²) >= 11 is 0. The molecule has 1 N–H and O–H groups in total. The predicted molar refractivity (Wildman–Crippen MR) is 138 cm³/mol. The number of rotatable bonds is 10. The molecule has 0 atom stereocenters. The molecule has 8 heteroatoms. The highest BCUT2D eigenvalue weighted by Crippen LogP contribution is 2.25. The summed E-state index contributed by atoms with van der Waals surface area (Å²) in [6, 6.07) is 20.5. The van der Waals surface area contributed by atoms with Crippen LogP contribution in [0.15, 0.2) is 76.7 Å². The lowest BCUT2D eigenvalue weighted by Gasteiger charge is -2.24. The largest absolute Gasteiger partial charge is 0.497 e. The molecule has 0 spiro atoms. The van der Waals surface area contributed by atoms with Crippen LogP contribution >= 0.6 is 0 Å². The van der Waals surface area contributed by atoms with Crippen molar-refractivity contribution in [2.24, 2.45) is 5.10 Å². The van der Waals surface area contributed by atoms with Gasteiger partial charge in [0.2, 0.25) is 10.0 Å². The van der Waals surface area contributed by atoms with Crippen LogP contribution in [0.3, 0.4) is 0 Å². The predicted octanol–water partition coefficient (Wildman–Crippen LogP) is 4.00. The van der Waals surface area contributed by atoms with Gasteiger partial charge in [-0.15, -0.1) is 0 Å². The Bertz CT molecular complexity index is 1280. The van der Waals surface area contributed by atoms with Crippen LogP contribution in [0.25, 0.3) is 0 Å². The normalized spacial score (nSPS) is 11.7. The van der Waals surface area contributed by atoms with Gasteiger partial charge in [0.05, 0.1) is 24.8 Å². The van der Waals surface area contributed by atoms with E-state index in [2.05, 4.69) is 10.5 Å². The van der Waals surface area contributed by atoms with Gasteiger partial charge in [0, 0.05) is 6.54 Å². The number of nitrogens with zero attached hydrogens (tertiary/aromatic N) is 2. The summed E-state index contributed by atoms with van der Waals surface area (Å²) in [4.78, 5) is 13.0. The average molecular weight is 494 g/mol. The summed E-state index contributed by atoms with van der Waals surface area (Å²) in [5.74, 6) is 0.144. The Morgan fingerprint density at radius 3 is 2.34 bits per heavy atom. The monoisotopic (exact) mass is 493 g/mol. The second-order valence-electron chi connectivity index (χ2n) is 8.37. The highest BCUT2D eigenvalue weighted by atomic mass is 32.2. The van der Waals surface area contributed by atoms with Crippen LogP contribution in [0.5, 0.6) is 5.75 Å². The number of sulfonamides is 1. The maximum atomic E-state index is 13.7. The van der Waals surface area contributed by atoms with E-state index in [0.717, 1.165) is 16.7 Å². The number of nitrogens with one attached hydrogen (secondary N) is 1. The van der Waals surface area contributed by atoms with Gasteiger partial charge in [-0.2, -0.15) is 9.41 Å². The molecule has 0 fully saturated rings. The molecule has 0 aliphatic carbocycles. The standard InChI is InChI=1S/C27H31N3O4S/c1-20-15-21(2)27(22(3)16-20)35(32,33)30(14-13-23-9-6-5-7-10-23)19-26(31)29-28-18-24-11-8-12-25(17-24)34-4/h5-12,15-18H,13-14,19H2,1-4H3,(H,29,31). The molecule has 1 amide bonds. The minimum absolute atomic E-state index is 0.159. The van der Waals surface area contributed by atoms with Gasteiger partial charge in [0.25, 0.3) is 5.91 Å². The topological polar surface area (TPSA) is 88.1 Å². The molecule has 0 aromatic heterocycles. The summed E-state index contributed by atoms with van der Waals surface area (Å²) in [5, 5.41) is 3.99. The number of hydrogen-bond donors (Lipinski definition) is 1. The third-order valence-corrected chi connectivity index (χ3v) is 7.66. The quantitative estimate of drug-likeness (QED) is 0.342. The van der Waals surface area contributed by atoms with Crippen molar-refractivity contribution in [3.63, 3.8) is 0 Å². The summed E-state index contributed by atoms with van der Waals surface area (Å²) in [6.07, 6.45) is 1.96. The molecule has 3 aromatic carbocycles. The SMILES string of the molecule is COc1cccc(C=NNC(=O)CN(CCc2ccccc2)S(=O)(=O)c2c(C)cc(C)cc2C)c1. The third-order valence-electron chi connectivity index (χ3n) is 5.51. The van der Waals surface area contributed by atoms with E-state index in [0.29, 0.717) is 23.3 Å². The number of carbonyl (C=O) groups excluding carboxylic acids is 1. The Morgan fingerprint density at radius 2 is 1.69 bits per heavy atom. The fourth-order valence-corrected chi connectivity index (χ4v) is 5.79. The van der Waals surface area contributed by atoms with E-state index in [1.165, 1.54) is 10.5 Å². The number of amides is 1. The molecule has 35 heavy (non-hydrogen) atoms. The van der Waals surface area contributed by atoms with Crippen LogP contribution in [0.2, 0.25) is 0 Å². The lowest BCUT2D eigenvalue weighted by atomic mass is 10.1. The highest BCUT2D eigenvalue weighted by molar-refractivity contribution is 7.89. The lowest BCUT2D eigenvalue weighted by molar-refractivity contribution is -0.121. The molecule has 0 aliphatic heterocycles. The Labute approximate surface area is 207 Å². The van der Waals surface area contributed by atoms with Crippen LogP contribution in [-0.2, 0) is 21.2 Å². The van der Waals surface area contributed by atoms with Crippen molar-refractivity contribution >= 4 is 22.1 Å². The first-order chi connectivity index (χ1) is 16.7. The Kier molecular flexibility index (Phi) is 8.78. The van der Waals surface area contributed by atoms with Crippen LogP contribution in [0.1, 0.15) is 27.8 Å². The van der Waals surface area contributed by atoms with E-state index in [1.54, 1.807) is 33.1 Å². The van der Waals surface area contributed by atoms with Crippen molar-refractivity contribution in [1.29, 1.82) is 0 Å². The second kappa shape index (κ2) is 11.8. The molecule has 3 aromatic rings. The lowest BCUT2D eigenvalue weighted by Crippen LogP contribution is -2.41. The first kappa shape index (κ1) is 26.1. The van der Waals surface area contributed by atoms with Crippen molar-refractivity contribution in [2.45, 2.75) is 32.1 Å². The molecule has 0 saturated heterocycles. The fourth-order valence-electron chi connectivity index (χ4n) is 3.98. The zero-order chi connectivity index (χ0) is 25.4.